The zero-order chi connectivity index (χ0) is 15.1. The average Bonchev–Trinajstić information content (AvgIpc) is 2.48. The van der Waals surface area contributed by atoms with Crippen molar-refractivity contribution in [1.29, 1.82) is 0 Å². The first-order valence-electron chi connectivity index (χ1n) is 7.99. The molecule has 1 nitrogen and oxygen atoms in total. The molecule has 0 heterocycles. The predicted molar refractivity (Wildman–Crippen MR) is 91.8 cm³/mol. The van der Waals surface area contributed by atoms with Gasteiger partial charge in [0.2, 0.25) is 0 Å². The molecular weight excluding hydrogens is 254 g/mol. The Morgan fingerprint density at radius 3 is 2.19 bits per heavy atom. The normalized spacial score (nSPS) is 12.3. The van der Waals surface area contributed by atoms with Crippen LogP contribution < -0.4 is 5.32 Å². The van der Waals surface area contributed by atoms with Crippen molar-refractivity contribution in [3.8, 4) is 0 Å². The zero-order valence-corrected chi connectivity index (χ0v) is 13.5. The fourth-order valence-corrected chi connectivity index (χ4v) is 2.92. The van der Waals surface area contributed by atoms with Crippen LogP contribution in [0.2, 0.25) is 0 Å². The van der Waals surface area contributed by atoms with Crippen LogP contribution in [-0.4, -0.2) is 13.6 Å². The van der Waals surface area contributed by atoms with Crippen molar-refractivity contribution >= 4 is 0 Å². The summed E-state index contributed by atoms with van der Waals surface area (Å²) >= 11 is 0. The quantitative estimate of drug-likeness (QED) is 0.803. The van der Waals surface area contributed by atoms with Gasteiger partial charge in [0.1, 0.15) is 0 Å². The Balaban J connectivity index is 2.04. The summed E-state index contributed by atoms with van der Waals surface area (Å²) in [6.45, 7) is 5.43. The fourth-order valence-electron chi connectivity index (χ4n) is 2.92. The summed E-state index contributed by atoms with van der Waals surface area (Å²) < 4.78 is 0. The van der Waals surface area contributed by atoms with Gasteiger partial charge >= 0.3 is 0 Å². The Bertz CT molecular complexity index is 542. The van der Waals surface area contributed by atoms with E-state index in [0.717, 1.165) is 25.8 Å². The molecule has 1 heteroatoms. The van der Waals surface area contributed by atoms with Crippen LogP contribution in [0.25, 0.3) is 0 Å². The van der Waals surface area contributed by atoms with Crippen molar-refractivity contribution in [2.75, 3.05) is 13.6 Å². The average molecular weight is 281 g/mol. The van der Waals surface area contributed by atoms with E-state index >= 15 is 0 Å². The SMILES string of the molecule is CCc1ccc(CC(CNC)Cc2cccc(C)c2)cc1. The molecule has 1 atom stereocenters. The zero-order valence-electron chi connectivity index (χ0n) is 13.5. The number of aryl methyl sites for hydroxylation is 2. The summed E-state index contributed by atoms with van der Waals surface area (Å²) in [6.07, 6.45) is 3.39. The third-order valence-electron chi connectivity index (χ3n) is 4.06. The second kappa shape index (κ2) is 7.99. The van der Waals surface area contributed by atoms with E-state index in [-0.39, 0.29) is 0 Å². The van der Waals surface area contributed by atoms with E-state index < -0.39 is 0 Å². The maximum atomic E-state index is 3.35. The van der Waals surface area contributed by atoms with Gasteiger partial charge in [0.25, 0.3) is 0 Å². The summed E-state index contributed by atoms with van der Waals surface area (Å²) in [7, 11) is 2.05. The highest BCUT2D eigenvalue weighted by molar-refractivity contribution is 5.25. The number of nitrogens with one attached hydrogen (secondary N) is 1. The van der Waals surface area contributed by atoms with Crippen LogP contribution in [0.3, 0.4) is 0 Å². The second-order valence-corrected chi connectivity index (χ2v) is 5.99. The number of hydrogen-bond donors (Lipinski definition) is 1. The van der Waals surface area contributed by atoms with Gasteiger partial charge in [-0.15, -0.1) is 0 Å². The van der Waals surface area contributed by atoms with Gasteiger partial charge in [-0.05, 0) is 62.4 Å². The summed E-state index contributed by atoms with van der Waals surface area (Å²) in [5, 5.41) is 3.35. The van der Waals surface area contributed by atoms with E-state index in [0.29, 0.717) is 5.92 Å². The van der Waals surface area contributed by atoms with Gasteiger partial charge in [-0.2, -0.15) is 0 Å². The predicted octanol–water partition coefficient (Wildman–Crippen LogP) is 4.18. The Kier molecular flexibility index (Phi) is 6.01. The molecule has 0 aliphatic carbocycles. The Morgan fingerprint density at radius 2 is 1.57 bits per heavy atom. The standard InChI is InChI=1S/C20H27N/c1-4-17-8-10-18(11-9-17)13-20(15-21-3)14-19-7-5-6-16(2)12-19/h5-12,20-21H,4,13-15H2,1-3H3. The van der Waals surface area contributed by atoms with E-state index in [2.05, 4.69) is 67.7 Å². The molecule has 2 aromatic carbocycles. The van der Waals surface area contributed by atoms with Gasteiger partial charge in [-0.3, -0.25) is 0 Å². The lowest BCUT2D eigenvalue weighted by molar-refractivity contribution is 0.493. The van der Waals surface area contributed by atoms with E-state index in [1.54, 1.807) is 0 Å². The van der Waals surface area contributed by atoms with E-state index in [4.69, 9.17) is 0 Å². The number of rotatable bonds is 7. The molecule has 1 unspecified atom stereocenters. The summed E-state index contributed by atoms with van der Waals surface area (Å²) in [5.74, 6) is 0.643. The summed E-state index contributed by atoms with van der Waals surface area (Å²) in [6, 6.07) is 18.0. The largest absolute Gasteiger partial charge is 0.319 e. The lowest BCUT2D eigenvalue weighted by atomic mass is 9.91. The molecule has 0 radical (unpaired) electrons. The third kappa shape index (κ3) is 5.02. The molecule has 0 amide bonds. The monoisotopic (exact) mass is 281 g/mol. The van der Waals surface area contributed by atoms with Crippen LogP contribution in [-0.2, 0) is 19.3 Å². The van der Waals surface area contributed by atoms with Crippen molar-refractivity contribution in [3.63, 3.8) is 0 Å². The molecule has 0 saturated heterocycles. The van der Waals surface area contributed by atoms with Crippen molar-refractivity contribution in [2.24, 2.45) is 5.92 Å². The number of hydrogen-bond acceptors (Lipinski definition) is 1. The molecule has 2 aromatic rings. The Morgan fingerprint density at radius 1 is 0.905 bits per heavy atom. The summed E-state index contributed by atoms with van der Waals surface area (Å²) in [4.78, 5) is 0. The highest BCUT2D eigenvalue weighted by atomic mass is 14.8. The molecule has 0 saturated carbocycles. The first kappa shape index (κ1) is 15.8. The Hall–Kier alpha value is -1.60. The van der Waals surface area contributed by atoms with E-state index in [1.165, 1.54) is 22.3 Å². The van der Waals surface area contributed by atoms with Crippen LogP contribution >= 0.6 is 0 Å². The van der Waals surface area contributed by atoms with Crippen LogP contribution in [0.4, 0.5) is 0 Å². The second-order valence-electron chi connectivity index (χ2n) is 5.99. The number of benzene rings is 2. The Labute approximate surface area is 129 Å². The van der Waals surface area contributed by atoms with Gasteiger partial charge in [0.05, 0.1) is 0 Å². The lowest BCUT2D eigenvalue weighted by Gasteiger charge is -2.17. The van der Waals surface area contributed by atoms with Crippen LogP contribution in [0.5, 0.6) is 0 Å². The van der Waals surface area contributed by atoms with Crippen LogP contribution in [0.1, 0.15) is 29.2 Å². The van der Waals surface area contributed by atoms with Crippen LogP contribution in [0, 0.1) is 12.8 Å². The van der Waals surface area contributed by atoms with Gasteiger partial charge in [0.15, 0.2) is 0 Å². The molecule has 21 heavy (non-hydrogen) atoms. The molecule has 0 spiro atoms. The first-order chi connectivity index (χ1) is 10.2. The molecule has 0 aliphatic heterocycles. The fraction of sp³-hybridized carbons (Fsp3) is 0.400. The maximum absolute atomic E-state index is 3.35. The smallest absolute Gasteiger partial charge is 0.00172 e. The minimum atomic E-state index is 0.643. The minimum absolute atomic E-state index is 0.643. The molecular formula is C20H27N. The highest BCUT2D eigenvalue weighted by Gasteiger charge is 2.10. The molecule has 1 N–H and O–H groups in total. The maximum Gasteiger partial charge on any atom is -0.00172 e. The molecule has 2 rings (SSSR count). The van der Waals surface area contributed by atoms with Gasteiger partial charge < -0.3 is 5.32 Å². The van der Waals surface area contributed by atoms with Gasteiger partial charge in [0, 0.05) is 0 Å². The van der Waals surface area contributed by atoms with Crippen molar-refractivity contribution in [1.82, 2.24) is 5.32 Å². The van der Waals surface area contributed by atoms with Crippen molar-refractivity contribution in [3.05, 3.63) is 70.8 Å². The molecule has 112 valence electrons. The van der Waals surface area contributed by atoms with E-state index in [9.17, 15) is 0 Å². The van der Waals surface area contributed by atoms with Gasteiger partial charge in [-0.25, -0.2) is 0 Å². The molecule has 0 fully saturated rings. The van der Waals surface area contributed by atoms with Crippen molar-refractivity contribution in [2.45, 2.75) is 33.1 Å². The van der Waals surface area contributed by atoms with Crippen molar-refractivity contribution < 1.29 is 0 Å². The first-order valence-corrected chi connectivity index (χ1v) is 7.99. The molecule has 0 bridgehead atoms. The molecule has 0 aromatic heterocycles. The highest BCUT2D eigenvalue weighted by Crippen LogP contribution is 2.16. The third-order valence-corrected chi connectivity index (χ3v) is 4.06. The summed E-state index contributed by atoms with van der Waals surface area (Å²) in [5.41, 5.74) is 5.66. The molecule has 0 aliphatic rings. The minimum Gasteiger partial charge on any atom is -0.319 e. The van der Waals surface area contributed by atoms with E-state index in [1.807, 2.05) is 7.05 Å². The topological polar surface area (TPSA) is 12.0 Å². The van der Waals surface area contributed by atoms with Gasteiger partial charge in [-0.1, -0.05) is 61.0 Å². The van der Waals surface area contributed by atoms with Crippen LogP contribution in [0.15, 0.2) is 48.5 Å². The lowest BCUT2D eigenvalue weighted by Crippen LogP contribution is -2.22.